The molecular weight excluding hydrogens is 218 g/mol. The Labute approximate surface area is 80.6 Å². The average molecular weight is 230 g/mol. The van der Waals surface area contributed by atoms with Crippen LogP contribution in [0, 0.1) is 0 Å². The van der Waals surface area contributed by atoms with Gasteiger partial charge in [-0.15, -0.1) is 0 Å². The molecule has 0 saturated heterocycles. The number of nitrogen functional groups attached to an aromatic ring is 1. The molecular formula is C8H12BrN3. The van der Waals surface area contributed by atoms with E-state index in [9.17, 15) is 0 Å². The molecule has 0 aromatic heterocycles. The predicted octanol–water partition coefficient (Wildman–Crippen LogP) is 1.92. The average Bonchev–Trinajstić information content (AvgIpc) is 1.94. The summed E-state index contributed by atoms with van der Waals surface area (Å²) < 4.78 is 0.969. The number of anilines is 2. The summed E-state index contributed by atoms with van der Waals surface area (Å²) in [6.07, 6.45) is 0. The molecule has 0 unspecified atom stereocenters. The van der Waals surface area contributed by atoms with E-state index in [4.69, 9.17) is 5.73 Å². The van der Waals surface area contributed by atoms with Crippen LogP contribution in [0.15, 0.2) is 22.7 Å². The zero-order valence-electron chi connectivity index (χ0n) is 7.13. The van der Waals surface area contributed by atoms with Crippen molar-refractivity contribution in [2.45, 2.75) is 0 Å². The molecule has 66 valence electrons. The summed E-state index contributed by atoms with van der Waals surface area (Å²) in [5.41, 5.74) is 10.5. The molecule has 0 bridgehead atoms. The predicted molar refractivity (Wildman–Crippen MR) is 55.9 cm³/mol. The van der Waals surface area contributed by atoms with E-state index in [0.717, 1.165) is 15.8 Å². The summed E-state index contributed by atoms with van der Waals surface area (Å²) in [6, 6.07) is 5.65. The molecule has 0 radical (unpaired) electrons. The molecule has 1 rings (SSSR count). The Hall–Kier alpha value is -0.740. The summed E-state index contributed by atoms with van der Waals surface area (Å²) in [6.45, 7) is 0. The van der Waals surface area contributed by atoms with Crippen LogP contribution in [0.3, 0.4) is 0 Å². The number of nitrogens with two attached hydrogens (primary N) is 1. The van der Waals surface area contributed by atoms with Gasteiger partial charge in [0.05, 0.1) is 5.69 Å². The topological polar surface area (TPSA) is 41.3 Å². The van der Waals surface area contributed by atoms with Crippen molar-refractivity contribution < 1.29 is 0 Å². The molecule has 0 spiro atoms. The Morgan fingerprint density at radius 1 is 1.42 bits per heavy atom. The zero-order valence-corrected chi connectivity index (χ0v) is 8.72. The van der Waals surface area contributed by atoms with E-state index in [1.54, 1.807) is 0 Å². The number of hydrazine groups is 1. The van der Waals surface area contributed by atoms with Crippen molar-refractivity contribution in [2.75, 3.05) is 25.3 Å². The lowest BCUT2D eigenvalue weighted by molar-refractivity contribution is 0.495. The highest BCUT2D eigenvalue weighted by Gasteiger charge is 1.99. The number of nitrogens with zero attached hydrogens (tertiary/aromatic N) is 1. The van der Waals surface area contributed by atoms with Gasteiger partial charge in [0.1, 0.15) is 0 Å². The number of rotatable bonds is 2. The fraction of sp³-hybridized carbons (Fsp3) is 0.250. The van der Waals surface area contributed by atoms with Crippen LogP contribution in [-0.2, 0) is 0 Å². The van der Waals surface area contributed by atoms with Crippen LogP contribution in [-0.4, -0.2) is 19.1 Å². The SMILES string of the molecule is CN(C)Nc1ccc(N)cc1Br. The number of hydrogen-bond acceptors (Lipinski definition) is 3. The third kappa shape index (κ3) is 2.39. The Morgan fingerprint density at radius 2 is 2.08 bits per heavy atom. The molecule has 0 fully saturated rings. The first-order valence-electron chi connectivity index (χ1n) is 3.58. The minimum atomic E-state index is 0.756. The maximum atomic E-state index is 5.59. The number of benzene rings is 1. The van der Waals surface area contributed by atoms with Gasteiger partial charge >= 0.3 is 0 Å². The Kier molecular flexibility index (Phi) is 2.94. The van der Waals surface area contributed by atoms with Crippen molar-refractivity contribution in [1.29, 1.82) is 0 Å². The van der Waals surface area contributed by atoms with Gasteiger partial charge in [-0.3, -0.25) is 0 Å². The molecule has 0 saturated carbocycles. The molecule has 12 heavy (non-hydrogen) atoms. The lowest BCUT2D eigenvalue weighted by atomic mass is 10.3. The highest BCUT2D eigenvalue weighted by molar-refractivity contribution is 9.10. The summed E-state index contributed by atoms with van der Waals surface area (Å²) in [4.78, 5) is 0. The first-order chi connectivity index (χ1) is 5.59. The summed E-state index contributed by atoms with van der Waals surface area (Å²) in [5.74, 6) is 0. The standard InChI is InChI=1S/C8H12BrN3/c1-12(2)11-8-4-3-6(10)5-7(8)9/h3-5,11H,10H2,1-2H3. The van der Waals surface area contributed by atoms with Gasteiger partial charge in [-0.05, 0) is 34.1 Å². The van der Waals surface area contributed by atoms with Crippen LogP contribution in [0.4, 0.5) is 11.4 Å². The van der Waals surface area contributed by atoms with E-state index in [1.807, 2.05) is 37.3 Å². The van der Waals surface area contributed by atoms with Crippen molar-refractivity contribution in [3.63, 3.8) is 0 Å². The largest absolute Gasteiger partial charge is 0.399 e. The highest BCUT2D eigenvalue weighted by Crippen LogP contribution is 2.24. The van der Waals surface area contributed by atoms with Gasteiger partial charge in [0.25, 0.3) is 0 Å². The highest BCUT2D eigenvalue weighted by atomic mass is 79.9. The van der Waals surface area contributed by atoms with E-state index in [0.29, 0.717) is 0 Å². The van der Waals surface area contributed by atoms with E-state index in [-0.39, 0.29) is 0 Å². The molecule has 1 aromatic carbocycles. The van der Waals surface area contributed by atoms with E-state index in [2.05, 4.69) is 21.4 Å². The van der Waals surface area contributed by atoms with Gasteiger partial charge in [0.15, 0.2) is 0 Å². The molecule has 0 amide bonds. The maximum absolute atomic E-state index is 5.59. The first-order valence-corrected chi connectivity index (χ1v) is 4.38. The van der Waals surface area contributed by atoms with Crippen LogP contribution in [0.2, 0.25) is 0 Å². The van der Waals surface area contributed by atoms with Crippen LogP contribution in [0.1, 0.15) is 0 Å². The molecule has 1 aromatic rings. The van der Waals surface area contributed by atoms with Crippen molar-refractivity contribution in [3.05, 3.63) is 22.7 Å². The van der Waals surface area contributed by atoms with Gasteiger partial charge in [-0.1, -0.05) is 0 Å². The lowest BCUT2D eigenvalue weighted by Crippen LogP contribution is -2.19. The molecule has 0 atom stereocenters. The van der Waals surface area contributed by atoms with E-state index in [1.165, 1.54) is 0 Å². The summed E-state index contributed by atoms with van der Waals surface area (Å²) >= 11 is 3.41. The van der Waals surface area contributed by atoms with Crippen LogP contribution >= 0.6 is 15.9 Å². The zero-order chi connectivity index (χ0) is 9.14. The van der Waals surface area contributed by atoms with Gasteiger partial charge in [0, 0.05) is 24.3 Å². The monoisotopic (exact) mass is 229 g/mol. The number of nitrogens with one attached hydrogen (secondary N) is 1. The van der Waals surface area contributed by atoms with Crippen molar-refractivity contribution in [2.24, 2.45) is 0 Å². The summed E-state index contributed by atoms with van der Waals surface area (Å²) in [7, 11) is 3.87. The smallest absolute Gasteiger partial charge is 0.0633 e. The quantitative estimate of drug-likeness (QED) is 0.602. The van der Waals surface area contributed by atoms with Gasteiger partial charge in [-0.2, -0.15) is 0 Å². The normalized spacial score (nSPS) is 10.3. The second-order valence-electron chi connectivity index (χ2n) is 2.75. The number of halogens is 1. The molecule has 3 nitrogen and oxygen atoms in total. The second-order valence-corrected chi connectivity index (χ2v) is 3.60. The molecule has 0 heterocycles. The van der Waals surface area contributed by atoms with Gasteiger partial charge < -0.3 is 11.2 Å². The van der Waals surface area contributed by atoms with Crippen molar-refractivity contribution in [1.82, 2.24) is 5.01 Å². The van der Waals surface area contributed by atoms with Crippen LogP contribution in [0.25, 0.3) is 0 Å². The molecule has 0 aliphatic heterocycles. The maximum Gasteiger partial charge on any atom is 0.0633 e. The fourth-order valence-electron chi connectivity index (χ4n) is 0.863. The molecule has 4 heteroatoms. The van der Waals surface area contributed by atoms with E-state index >= 15 is 0 Å². The number of hydrogen-bond donors (Lipinski definition) is 2. The van der Waals surface area contributed by atoms with Crippen LogP contribution < -0.4 is 11.2 Å². The van der Waals surface area contributed by atoms with Crippen molar-refractivity contribution >= 4 is 27.3 Å². The molecule has 0 aliphatic carbocycles. The minimum absolute atomic E-state index is 0.756. The second kappa shape index (κ2) is 3.78. The summed E-state index contributed by atoms with van der Waals surface area (Å²) in [5, 5.41) is 1.87. The van der Waals surface area contributed by atoms with Gasteiger partial charge in [-0.25, -0.2) is 5.01 Å². The molecule has 0 aliphatic rings. The molecule has 3 N–H and O–H groups in total. The lowest BCUT2D eigenvalue weighted by Gasteiger charge is -2.14. The van der Waals surface area contributed by atoms with E-state index < -0.39 is 0 Å². The minimum Gasteiger partial charge on any atom is -0.399 e. The van der Waals surface area contributed by atoms with Gasteiger partial charge in [0.2, 0.25) is 0 Å². The fourth-order valence-corrected chi connectivity index (χ4v) is 1.35. The Bertz CT molecular complexity index is 273. The third-order valence-electron chi connectivity index (χ3n) is 1.34. The van der Waals surface area contributed by atoms with Crippen molar-refractivity contribution in [3.8, 4) is 0 Å². The first kappa shape index (κ1) is 9.35. The Morgan fingerprint density at radius 3 is 2.58 bits per heavy atom. The Balaban J connectivity index is 2.86. The van der Waals surface area contributed by atoms with Crippen LogP contribution in [0.5, 0.6) is 0 Å². The third-order valence-corrected chi connectivity index (χ3v) is 1.99.